The Kier molecular flexibility index (Phi) is 3.23. The first-order valence-electron chi connectivity index (χ1n) is 6.58. The maximum absolute atomic E-state index is 6.13. The highest BCUT2D eigenvalue weighted by Crippen LogP contribution is 2.34. The fourth-order valence-electron chi connectivity index (χ4n) is 2.32. The van der Waals surface area contributed by atoms with Gasteiger partial charge in [0.1, 0.15) is 11.9 Å². The van der Waals surface area contributed by atoms with Crippen LogP contribution >= 0.6 is 0 Å². The number of aliphatic imine (C=N–C) groups is 1. The summed E-state index contributed by atoms with van der Waals surface area (Å²) in [6.45, 7) is 0. The second-order valence-corrected chi connectivity index (χ2v) is 4.84. The summed E-state index contributed by atoms with van der Waals surface area (Å²) in [7, 11) is 3.44. The van der Waals surface area contributed by atoms with Gasteiger partial charge in [-0.3, -0.25) is 0 Å². The lowest BCUT2D eigenvalue weighted by Gasteiger charge is -2.30. The van der Waals surface area contributed by atoms with Crippen molar-refractivity contribution >= 4 is 11.8 Å². The largest absolute Gasteiger partial charge is 0.496 e. The van der Waals surface area contributed by atoms with Crippen LogP contribution in [0.2, 0.25) is 0 Å². The van der Waals surface area contributed by atoms with Crippen LogP contribution in [0.15, 0.2) is 41.4 Å². The Bertz CT molecular complexity index is 713. The van der Waals surface area contributed by atoms with Crippen LogP contribution in [0.4, 0.5) is 5.82 Å². The van der Waals surface area contributed by atoms with Crippen LogP contribution in [0.25, 0.3) is 11.3 Å². The summed E-state index contributed by atoms with van der Waals surface area (Å²) in [5, 5.41) is 0. The van der Waals surface area contributed by atoms with Crippen molar-refractivity contribution in [1.29, 1.82) is 0 Å². The van der Waals surface area contributed by atoms with Gasteiger partial charge >= 0.3 is 0 Å². The van der Waals surface area contributed by atoms with E-state index in [0.717, 1.165) is 22.6 Å². The second kappa shape index (κ2) is 5.06. The summed E-state index contributed by atoms with van der Waals surface area (Å²) in [4.78, 5) is 10.6. The molecule has 2 aromatic rings. The fourth-order valence-corrected chi connectivity index (χ4v) is 2.32. The molecule has 21 heavy (non-hydrogen) atoms. The molecule has 1 aromatic heterocycles. The number of methoxy groups -OCH3 is 1. The van der Waals surface area contributed by atoms with Crippen LogP contribution in [-0.4, -0.2) is 30.0 Å². The van der Waals surface area contributed by atoms with Crippen LogP contribution in [0.3, 0.4) is 0 Å². The van der Waals surface area contributed by atoms with Gasteiger partial charge in [-0.2, -0.15) is 4.99 Å². The lowest BCUT2D eigenvalue weighted by molar-refractivity contribution is 0.374. The van der Waals surface area contributed by atoms with Gasteiger partial charge in [0.25, 0.3) is 0 Å². The number of hydrogen-bond donors (Lipinski definition) is 2. The van der Waals surface area contributed by atoms with E-state index >= 15 is 0 Å². The predicted octanol–water partition coefficient (Wildman–Crippen LogP) is 1.61. The number of ether oxygens (including phenoxy) is 1. The highest BCUT2D eigenvalue weighted by molar-refractivity contribution is 5.83. The first-order valence-corrected chi connectivity index (χ1v) is 6.58. The van der Waals surface area contributed by atoms with Gasteiger partial charge in [-0.25, -0.2) is 4.98 Å². The second-order valence-electron chi connectivity index (χ2n) is 4.84. The quantitative estimate of drug-likeness (QED) is 0.874. The molecule has 6 heteroatoms. The van der Waals surface area contributed by atoms with Gasteiger partial charge in [0.2, 0.25) is 0 Å². The number of rotatable bonds is 2. The number of benzene rings is 1. The number of hydrogen-bond acceptors (Lipinski definition) is 6. The standard InChI is InChI=1S/C15H17N5O/c1-20-13(16)10-7-8-11(18-14(10)19-15(20)17)9-5-3-4-6-12(9)21-2/h3-8,13H,16H2,1-2H3,(H2,17,18,19). The smallest absolute Gasteiger partial charge is 0.199 e. The molecule has 3 rings (SSSR count). The Morgan fingerprint density at radius 3 is 2.71 bits per heavy atom. The number of aromatic nitrogens is 1. The number of nitrogens with zero attached hydrogens (tertiary/aromatic N) is 3. The number of fused-ring (bicyclic) bond motifs is 1. The van der Waals surface area contributed by atoms with Crippen molar-refractivity contribution in [3.05, 3.63) is 42.0 Å². The maximum Gasteiger partial charge on any atom is 0.199 e. The van der Waals surface area contributed by atoms with E-state index in [1.165, 1.54) is 0 Å². The number of para-hydroxylation sites is 1. The van der Waals surface area contributed by atoms with Gasteiger partial charge in [-0.1, -0.05) is 12.1 Å². The average Bonchev–Trinajstić information content (AvgIpc) is 2.52. The van der Waals surface area contributed by atoms with Crippen LogP contribution < -0.4 is 16.2 Å². The van der Waals surface area contributed by atoms with Crippen molar-refractivity contribution in [1.82, 2.24) is 9.88 Å². The molecule has 1 aliphatic rings. The highest BCUT2D eigenvalue weighted by atomic mass is 16.5. The lowest BCUT2D eigenvalue weighted by Crippen LogP contribution is -2.43. The molecule has 6 nitrogen and oxygen atoms in total. The van der Waals surface area contributed by atoms with E-state index in [9.17, 15) is 0 Å². The summed E-state index contributed by atoms with van der Waals surface area (Å²) in [6.07, 6.45) is -0.336. The molecule has 0 radical (unpaired) electrons. The van der Waals surface area contributed by atoms with Gasteiger partial charge in [-0.05, 0) is 24.3 Å². The zero-order valence-electron chi connectivity index (χ0n) is 11.9. The zero-order valence-corrected chi connectivity index (χ0v) is 11.9. The summed E-state index contributed by atoms with van der Waals surface area (Å²) >= 11 is 0. The zero-order chi connectivity index (χ0) is 15.0. The maximum atomic E-state index is 6.13. The Hall–Kier alpha value is -2.60. The molecular weight excluding hydrogens is 266 g/mol. The molecule has 1 unspecified atom stereocenters. The first kappa shape index (κ1) is 13.4. The molecule has 0 saturated heterocycles. The fraction of sp³-hybridized carbons (Fsp3) is 0.200. The number of pyridine rings is 1. The Morgan fingerprint density at radius 2 is 1.95 bits per heavy atom. The van der Waals surface area contributed by atoms with Gasteiger partial charge in [0.15, 0.2) is 11.8 Å². The molecule has 0 aliphatic carbocycles. The number of nitrogens with two attached hydrogens (primary N) is 2. The molecule has 1 atom stereocenters. The van der Waals surface area contributed by atoms with E-state index in [0.29, 0.717) is 11.8 Å². The van der Waals surface area contributed by atoms with Crippen LogP contribution in [0, 0.1) is 0 Å². The van der Waals surface area contributed by atoms with Crippen molar-refractivity contribution < 1.29 is 4.74 Å². The van der Waals surface area contributed by atoms with E-state index in [2.05, 4.69) is 9.98 Å². The minimum atomic E-state index is -0.336. The first-order chi connectivity index (χ1) is 10.1. The van der Waals surface area contributed by atoms with Crippen LogP contribution in [0.5, 0.6) is 5.75 Å². The third kappa shape index (κ3) is 2.19. The van der Waals surface area contributed by atoms with E-state index < -0.39 is 0 Å². The summed E-state index contributed by atoms with van der Waals surface area (Å²) in [6, 6.07) is 11.6. The van der Waals surface area contributed by atoms with E-state index in [1.54, 1.807) is 19.1 Å². The third-order valence-corrected chi connectivity index (χ3v) is 3.61. The molecule has 0 spiro atoms. The van der Waals surface area contributed by atoms with E-state index in [1.807, 2.05) is 36.4 Å². The Labute approximate surface area is 123 Å². The van der Waals surface area contributed by atoms with Gasteiger partial charge in [0, 0.05) is 18.2 Å². The Balaban J connectivity index is 2.12. The monoisotopic (exact) mass is 283 g/mol. The van der Waals surface area contributed by atoms with Gasteiger partial charge in [-0.15, -0.1) is 0 Å². The van der Waals surface area contributed by atoms with Crippen molar-refractivity contribution in [2.75, 3.05) is 14.2 Å². The molecule has 4 N–H and O–H groups in total. The molecule has 0 amide bonds. The van der Waals surface area contributed by atoms with Gasteiger partial charge < -0.3 is 21.1 Å². The normalized spacial score (nSPS) is 17.2. The highest BCUT2D eigenvalue weighted by Gasteiger charge is 2.24. The number of guanidine groups is 1. The molecule has 1 aliphatic heterocycles. The SMILES string of the molecule is COc1ccccc1-c1ccc2c(n1)N=C(N)N(C)C2N. The Morgan fingerprint density at radius 1 is 1.19 bits per heavy atom. The minimum Gasteiger partial charge on any atom is -0.496 e. The van der Waals surface area contributed by atoms with Crippen molar-refractivity contribution in [2.24, 2.45) is 16.5 Å². The third-order valence-electron chi connectivity index (χ3n) is 3.61. The van der Waals surface area contributed by atoms with Crippen LogP contribution in [0.1, 0.15) is 11.7 Å². The van der Waals surface area contributed by atoms with E-state index in [4.69, 9.17) is 16.2 Å². The van der Waals surface area contributed by atoms with E-state index in [-0.39, 0.29) is 6.17 Å². The topological polar surface area (TPSA) is 89.8 Å². The minimum absolute atomic E-state index is 0.336. The predicted molar refractivity (Wildman–Crippen MR) is 82.2 cm³/mol. The van der Waals surface area contributed by atoms with Gasteiger partial charge in [0.05, 0.1) is 12.8 Å². The van der Waals surface area contributed by atoms with Crippen molar-refractivity contribution in [3.63, 3.8) is 0 Å². The molecule has 0 saturated carbocycles. The van der Waals surface area contributed by atoms with Crippen molar-refractivity contribution in [2.45, 2.75) is 6.17 Å². The summed E-state index contributed by atoms with van der Waals surface area (Å²) < 4.78 is 5.37. The molecular formula is C15H17N5O. The average molecular weight is 283 g/mol. The molecule has 1 aromatic carbocycles. The van der Waals surface area contributed by atoms with Crippen LogP contribution in [-0.2, 0) is 0 Å². The summed E-state index contributed by atoms with van der Waals surface area (Å²) in [5.74, 6) is 1.68. The van der Waals surface area contributed by atoms with Crippen molar-refractivity contribution in [3.8, 4) is 17.0 Å². The molecule has 0 bridgehead atoms. The molecule has 2 heterocycles. The lowest BCUT2D eigenvalue weighted by atomic mass is 10.1. The summed E-state index contributed by atoms with van der Waals surface area (Å²) in [5.41, 5.74) is 14.5. The molecule has 108 valence electrons. The molecule has 0 fully saturated rings.